The van der Waals surface area contributed by atoms with Gasteiger partial charge in [0.1, 0.15) is 11.6 Å². The Balaban J connectivity index is 1.79. The highest BCUT2D eigenvalue weighted by atomic mass is 19.1. The van der Waals surface area contributed by atoms with Crippen molar-refractivity contribution in [1.82, 2.24) is 10.6 Å². The first-order valence-corrected chi connectivity index (χ1v) is 14.3. The number of hydrogen-bond donors (Lipinski definition) is 3. The van der Waals surface area contributed by atoms with Crippen molar-refractivity contribution in [3.8, 4) is 0 Å². The van der Waals surface area contributed by atoms with Crippen molar-refractivity contribution in [3.05, 3.63) is 70.8 Å². The second-order valence-corrected chi connectivity index (χ2v) is 12.0. The molecule has 3 rings (SSSR count). The number of carbonyl (C=O) groups excluding carboxylic acids is 2. The van der Waals surface area contributed by atoms with Crippen LogP contribution < -0.4 is 10.6 Å². The van der Waals surface area contributed by atoms with Gasteiger partial charge in [-0.2, -0.15) is 0 Å². The van der Waals surface area contributed by atoms with E-state index in [0.29, 0.717) is 12.0 Å². The molecule has 2 aromatic carbocycles. The summed E-state index contributed by atoms with van der Waals surface area (Å²) in [5.41, 5.74) is 2.43. The third-order valence-corrected chi connectivity index (χ3v) is 7.84. The molecule has 0 heterocycles. The number of carbonyl (C=O) groups is 2. The summed E-state index contributed by atoms with van der Waals surface area (Å²) in [6.07, 6.45) is 4.60. The molecule has 2 unspecified atom stereocenters. The third kappa shape index (κ3) is 9.10. The molecule has 1 amide bonds. The molecule has 220 valence electrons. The molecular weight excluding hydrogens is 514 g/mol. The molecule has 6 nitrogen and oxygen atoms in total. The van der Waals surface area contributed by atoms with Crippen molar-refractivity contribution in [1.29, 1.82) is 0 Å². The van der Waals surface area contributed by atoms with Crippen molar-refractivity contribution in [2.75, 3.05) is 13.7 Å². The summed E-state index contributed by atoms with van der Waals surface area (Å²) >= 11 is 0. The van der Waals surface area contributed by atoms with E-state index in [1.54, 1.807) is 0 Å². The number of rotatable bonds is 12. The van der Waals surface area contributed by atoms with Gasteiger partial charge in [0.15, 0.2) is 0 Å². The molecule has 0 aliphatic heterocycles. The van der Waals surface area contributed by atoms with E-state index in [-0.39, 0.29) is 42.7 Å². The zero-order chi connectivity index (χ0) is 29.3. The molecule has 3 N–H and O–H groups in total. The van der Waals surface area contributed by atoms with Crippen LogP contribution in [0.25, 0.3) is 0 Å². The highest BCUT2D eigenvalue weighted by Gasteiger charge is 2.35. The normalized spacial score (nSPS) is 16.7. The Bertz CT molecular complexity index is 1120. The predicted molar refractivity (Wildman–Crippen MR) is 152 cm³/mol. The van der Waals surface area contributed by atoms with Crippen LogP contribution in [0.4, 0.5) is 8.78 Å². The molecule has 1 saturated carbocycles. The fourth-order valence-corrected chi connectivity index (χ4v) is 5.49. The standard InChI is InChI=1S/C32H44F2N2O4/c1-31(2,3)23-10-8-11-24(19-23)32(14-6-5-7-15-32)35-21-28(37)27(18-22-16-25(33)20-26(34)17-22)36-29(38)12-9-13-30(39)40-4/h8,10-11,16-17,19-20,27-28,35,37H,5-7,9,12-15,18,21H2,1-4H3,(H,36,38). The fourth-order valence-electron chi connectivity index (χ4n) is 5.49. The lowest BCUT2D eigenvalue weighted by Gasteiger charge is -2.41. The van der Waals surface area contributed by atoms with Crippen LogP contribution in [-0.4, -0.2) is 42.8 Å². The predicted octanol–water partition coefficient (Wildman–Crippen LogP) is 5.44. The number of methoxy groups -OCH3 is 1. The first-order chi connectivity index (χ1) is 18.9. The summed E-state index contributed by atoms with van der Waals surface area (Å²) in [6.45, 7) is 6.74. The van der Waals surface area contributed by atoms with Gasteiger partial charge in [-0.1, -0.05) is 64.3 Å². The molecule has 1 aliphatic carbocycles. The number of amides is 1. The summed E-state index contributed by atoms with van der Waals surface area (Å²) in [5.74, 6) is -2.19. The van der Waals surface area contributed by atoms with Crippen molar-refractivity contribution >= 4 is 11.9 Å². The van der Waals surface area contributed by atoms with Gasteiger partial charge in [0.25, 0.3) is 0 Å². The van der Waals surface area contributed by atoms with E-state index in [0.717, 1.165) is 38.2 Å². The van der Waals surface area contributed by atoms with E-state index in [1.807, 2.05) is 0 Å². The van der Waals surface area contributed by atoms with Gasteiger partial charge in [-0.25, -0.2) is 8.78 Å². The van der Waals surface area contributed by atoms with Crippen LogP contribution in [0.2, 0.25) is 0 Å². The van der Waals surface area contributed by atoms with Gasteiger partial charge in [-0.3, -0.25) is 9.59 Å². The molecule has 0 radical (unpaired) electrons. The second-order valence-electron chi connectivity index (χ2n) is 12.0. The Morgan fingerprint density at radius 2 is 1.70 bits per heavy atom. The lowest BCUT2D eigenvalue weighted by molar-refractivity contribution is -0.140. The van der Waals surface area contributed by atoms with Gasteiger partial charge >= 0.3 is 5.97 Å². The summed E-state index contributed by atoms with van der Waals surface area (Å²) in [4.78, 5) is 24.1. The van der Waals surface area contributed by atoms with Crippen molar-refractivity contribution in [3.63, 3.8) is 0 Å². The molecule has 0 saturated heterocycles. The first kappa shape index (κ1) is 31.7. The second kappa shape index (κ2) is 14.2. The van der Waals surface area contributed by atoms with E-state index in [9.17, 15) is 23.5 Å². The van der Waals surface area contributed by atoms with Crippen molar-refractivity contribution in [2.24, 2.45) is 0 Å². The molecule has 0 spiro atoms. The summed E-state index contributed by atoms with van der Waals surface area (Å²) in [6, 6.07) is 11.0. The quantitative estimate of drug-likeness (QED) is 0.302. The van der Waals surface area contributed by atoms with Crippen LogP contribution in [0, 0.1) is 11.6 Å². The Kier molecular flexibility index (Phi) is 11.2. The van der Waals surface area contributed by atoms with Crippen LogP contribution in [-0.2, 0) is 31.7 Å². The number of esters is 1. The molecule has 0 bridgehead atoms. The number of aliphatic hydroxyl groups is 1. The summed E-state index contributed by atoms with van der Waals surface area (Å²) in [5, 5.41) is 17.8. The Morgan fingerprint density at radius 3 is 2.33 bits per heavy atom. The number of nitrogens with one attached hydrogen (secondary N) is 2. The highest BCUT2D eigenvalue weighted by molar-refractivity contribution is 5.77. The molecular formula is C32H44F2N2O4. The maximum Gasteiger partial charge on any atom is 0.305 e. The molecule has 2 aromatic rings. The summed E-state index contributed by atoms with van der Waals surface area (Å²) < 4.78 is 32.5. The van der Waals surface area contributed by atoms with Crippen LogP contribution in [0.15, 0.2) is 42.5 Å². The zero-order valence-electron chi connectivity index (χ0n) is 24.2. The number of halogens is 2. The minimum Gasteiger partial charge on any atom is -0.469 e. The monoisotopic (exact) mass is 558 g/mol. The van der Waals surface area contributed by atoms with Gasteiger partial charge < -0.3 is 20.5 Å². The van der Waals surface area contributed by atoms with E-state index < -0.39 is 29.7 Å². The summed E-state index contributed by atoms with van der Waals surface area (Å²) in [7, 11) is 1.29. The molecule has 0 aromatic heterocycles. The minimum absolute atomic E-state index is 0.00510. The van der Waals surface area contributed by atoms with Gasteiger partial charge in [-0.15, -0.1) is 0 Å². The van der Waals surface area contributed by atoms with Crippen LogP contribution in [0.1, 0.15) is 88.8 Å². The van der Waals surface area contributed by atoms with Crippen molar-refractivity contribution in [2.45, 2.75) is 102 Å². The number of aliphatic hydroxyl groups excluding tert-OH is 1. The van der Waals surface area contributed by atoms with Gasteiger partial charge in [0, 0.05) is 31.0 Å². The minimum atomic E-state index is -1.03. The van der Waals surface area contributed by atoms with Gasteiger partial charge in [0.2, 0.25) is 5.91 Å². The average molecular weight is 559 g/mol. The first-order valence-electron chi connectivity index (χ1n) is 14.3. The third-order valence-electron chi connectivity index (χ3n) is 7.84. The molecule has 2 atom stereocenters. The lowest BCUT2D eigenvalue weighted by atomic mass is 9.74. The smallest absolute Gasteiger partial charge is 0.305 e. The number of benzene rings is 2. The Labute approximate surface area is 236 Å². The topological polar surface area (TPSA) is 87.7 Å². The van der Waals surface area contributed by atoms with E-state index in [1.165, 1.54) is 30.4 Å². The molecule has 1 fully saturated rings. The SMILES string of the molecule is COC(=O)CCCC(=O)NC(Cc1cc(F)cc(F)c1)C(O)CNC1(c2cccc(C(C)(C)C)c2)CCCCC1. The van der Waals surface area contributed by atoms with Gasteiger partial charge in [-0.05, 0) is 59.9 Å². The van der Waals surface area contributed by atoms with E-state index in [4.69, 9.17) is 0 Å². The maximum absolute atomic E-state index is 13.9. The molecule has 40 heavy (non-hydrogen) atoms. The van der Waals surface area contributed by atoms with Crippen LogP contribution in [0.3, 0.4) is 0 Å². The Hall–Kier alpha value is -2.84. The van der Waals surface area contributed by atoms with Crippen LogP contribution in [0.5, 0.6) is 0 Å². The van der Waals surface area contributed by atoms with Crippen molar-refractivity contribution < 1.29 is 28.2 Å². The van der Waals surface area contributed by atoms with E-state index in [2.05, 4.69) is 60.4 Å². The maximum atomic E-state index is 13.9. The average Bonchev–Trinajstić information content (AvgIpc) is 2.91. The zero-order valence-corrected chi connectivity index (χ0v) is 24.2. The Morgan fingerprint density at radius 1 is 1.02 bits per heavy atom. The van der Waals surface area contributed by atoms with Crippen LogP contribution >= 0.6 is 0 Å². The van der Waals surface area contributed by atoms with Gasteiger partial charge in [0.05, 0.1) is 19.3 Å². The number of hydrogen-bond acceptors (Lipinski definition) is 5. The van der Waals surface area contributed by atoms with E-state index >= 15 is 0 Å². The molecule has 8 heteroatoms. The highest BCUT2D eigenvalue weighted by Crippen LogP contribution is 2.38. The fraction of sp³-hybridized carbons (Fsp3) is 0.562. The number of ether oxygens (including phenoxy) is 1. The lowest BCUT2D eigenvalue weighted by Crippen LogP contribution is -2.53. The molecule has 1 aliphatic rings. The largest absolute Gasteiger partial charge is 0.469 e.